The van der Waals surface area contributed by atoms with Gasteiger partial charge in [-0.2, -0.15) is 0 Å². The first-order valence-corrected chi connectivity index (χ1v) is 5.27. The average molecular weight is 258 g/mol. The van der Waals surface area contributed by atoms with Gasteiger partial charge in [-0.15, -0.1) is 0 Å². The number of ether oxygens (including phenoxy) is 1. The van der Waals surface area contributed by atoms with Crippen LogP contribution in [0.4, 0.5) is 0 Å². The molecule has 0 unspecified atom stereocenters. The molecule has 0 radical (unpaired) electrons. The van der Waals surface area contributed by atoms with Crippen LogP contribution in [0.1, 0.15) is 0 Å². The van der Waals surface area contributed by atoms with Crippen LogP contribution in [0.2, 0.25) is 5.02 Å². The Hall–Kier alpha value is -1.66. The molecule has 1 aromatic carbocycles. The predicted octanol–water partition coefficient (Wildman–Crippen LogP) is 1.94. The maximum atomic E-state index is 10.8. The van der Waals surface area contributed by atoms with E-state index in [0.29, 0.717) is 10.5 Å². The van der Waals surface area contributed by atoms with Gasteiger partial charge in [0.2, 0.25) is 0 Å². The largest absolute Gasteiger partial charge is 0.473 e. The Morgan fingerprint density at radius 3 is 2.88 bits per heavy atom. The molecule has 0 saturated carbocycles. The molecule has 0 amide bonds. The molecule has 5 nitrogen and oxygen atoms in total. The van der Waals surface area contributed by atoms with Crippen LogP contribution in [-0.4, -0.2) is 22.0 Å². The van der Waals surface area contributed by atoms with Gasteiger partial charge < -0.3 is 9.84 Å². The first kappa shape index (κ1) is 10.8. The third-order valence-electron chi connectivity index (χ3n) is 1.69. The number of hydrogen-bond acceptors (Lipinski definition) is 5. The lowest BCUT2D eigenvalue weighted by Crippen LogP contribution is -2.19. The Morgan fingerprint density at radius 1 is 1.44 bits per heavy atom. The topological polar surface area (TPSA) is 76.5 Å². The van der Waals surface area contributed by atoms with E-state index in [9.17, 15) is 9.59 Å². The van der Waals surface area contributed by atoms with Gasteiger partial charge in [-0.05, 0) is 18.2 Å². The number of carbonyl (C=O) groups is 2. The summed E-state index contributed by atoms with van der Waals surface area (Å²) in [5.41, 5.74) is 0.600. The highest BCUT2D eigenvalue weighted by atomic mass is 35.5. The van der Waals surface area contributed by atoms with Crippen LogP contribution in [0.5, 0.6) is 5.19 Å². The Balaban J connectivity index is 2.33. The number of hydrogen-bond donors (Lipinski definition) is 1. The molecular formula is C9H4ClNO4S. The van der Waals surface area contributed by atoms with E-state index >= 15 is 0 Å². The summed E-state index contributed by atoms with van der Waals surface area (Å²) < 4.78 is 5.25. The molecule has 82 valence electrons. The number of aliphatic carboxylic acids is 1. The molecule has 0 aliphatic rings. The van der Waals surface area contributed by atoms with Crippen molar-refractivity contribution in [3.8, 4) is 5.19 Å². The Labute approximate surface area is 98.2 Å². The quantitative estimate of drug-likeness (QED) is 0.624. The normalized spacial score (nSPS) is 10.3. The first-order chi connectivity index (χ1) is 7.56. The predicted molar refractivity (Wildman–Crippen MR) is 57.9 cm³/mol. The monoisotopic (exact) mass is 257 g/mol. The molecule has 0 aliphatic heterocycles. The van der Waals surface area contributed by atoms with E-state index in [1.807, 2.05) is 0 Å². The third kappa shape index (κ3) is 2.12. The number of carbonyl (C=O) groups excluding carboxylic acids is 1. The van der Waals surface area contributed by atoms with Gasteiger partial charge in [0.1, 0.15) is 0 Å². The number of carboxylic acid groups (broad SMARTS) is 1. The molecule has 2 rings (SSSR count). The minimum Gasteiger partial charge on any atom is -0.473 e. The van der Waals surface area contributed by atoms with E-state index in [1.165, 1.54) is 0 Å². The lowest BCUT2D eigenvalue weighted by Gasteiger charge is -1.92. The minimum atomic E-state index is -1.66. The molecular weight excluding hydrogens is 254 g/mol. The average Bonchev–Trinajstić information content (AvgIpc) is 2.58. The second-order valence-corrected chi connectivity index (χ2v) is 4.22. The molecule has 0 saturated heterocycles. The Morgan fingerprint density at radius 2 is 2.19 bits per heavy atom. The maximum absolute atomic E-state index is 10.8. The van der Waals surface area contributed by atoms with Crippen molar-refractivity contribution in [3.63, 3.8) is 0 Å². The van der Waals surface area contributed by atoms with Crippen molar-refractivity contribution in [3.05, 3.63) is 23.2 Å². The molecule has 0 spiro atoms. The van der Waals surface area contributed by atoms with E-state index < -0.39 is 11.9 Å². The van der Waals surface area contributed by atoms with Crippen LogP contribution >= 0.6 is 22.9 Å². The number of esters is 1. The van der Waals surface area contributed by atoms with Crippen molar-refractivity contribution in [2.24, 2.45) is 0 Å². The maximum Gasteiger partial charge on any atom is 0.424 e. The van der Waals surface area contributed by atoms with Gasteiger partial charge in [-0.1, -0.05) is 22.9 Å². The van der Waals surface area contributed by atoms with Crippen LogP contribution in [0.25, 0.3) is 10.2 Å². The van der Waals surface area contributed by atoms with Crippen molar-refractivity contribution in [1.29, 1.82) is 0 Å². The minimum absolute atomic E-state index is 0.00957. The van der Waals surface area contributed by atoms with Crippen molar-refractivity contribution in [2.45, 2.75) is 0 Å². The highest BCUT2D eigenvalue weighted by Gasteiger charge is 2.16. The van der Waals surface area contributed by atoms with Gasteiger partial charge in [0, 0.05) is 5.02 Å². The second-order valence-electron chi connectivity index (χ2n) is 2.79. The lowest BCUT2D eigenvalue weighted by atomic mass is 10.3. The van der Waals surface area contributed by atoms with Crippen molar-refractivity contribution in [1.82, 2.24) is 4.98 Å². The van der Waals surface area contributed by atoms with Crippen LogP contribution < -0.4 is 4.74 Å². The van der Waals surface area contributed by atoms with Crippen molar-refractivity contribution < 1.29 is 19.4 Å². The molecule has 16 heavy (non-hydrogen) atoms. The summed E-state index contributed by atoms with van der Waals surface area (Å²) in [6.07, 6.45) is 0. The first-order valence-electron chi connectivity index (χ1n) is 4.07. The van der Waals surface area contributed by atoms with E-state index in [4.69, 9.17) is 16.7 Å². The molecule has 1 aromatic heterocycles. The molecule has 0 aliphatic carbocycles. The van der Waals surface area contributed by atoms with E-state index in [0.717, 1.165) is 16.0 Å². The van der Waals surface area contributed by atoms with Crippen LogP contribution in [0.3, 0.4) is 0 Å². The zero-order valence-electron chi connectivity index (χ0n) is 7.64. The zero-order chi connectivity index (χ0) is 11.7. The van der Waals surface area contributed by atoms with Crippen molar-refractivity contribution in [2.75, 3.05) is 0 Å². The number of nitrogens with zero attached hydrogens (tertiary/aromatic N) is 1. The summed E-state index contributed by atoms with van der Waals surface area (Å²) in [6, 6.07) is 4.96. The second kappa shape index (κ2) is 4.07. The number of carboxylic acids is 1. The van der Waals surface area contributed by atoms with E-state index in [1.54, 1.807) is 18.2 Å². The summed E-state index contributed by atoms with van der Waals surface area (Å²) in [4.78, 5) is 25.0. The standard InChI is InChI=1S/C9H4ClNO4S/c10-4-1-2-5-6(3-4)16-9(11-5)15-8(14)7(12)13/h1-3H,(H,12,13). The summed E-state index contributed by atoms with van der Waals surface area (Å²) in [5.74, 6) is -3.01. The van der Waals surface area contributed by atoms with Crippen LogP contribution in [0.15, 0.2) is 18.2 Å². The number of aromatic nitrogens is 1. The number of rotatable bonds is 1. The molecule has 1 N–H and O–H groups in total. The highest BCUT2D eigenvalue weighted by Crippen LogP contribution is 2.29. The fourth-order valence-corrected chi connectivity index (χ4v) is 2.13. The summed E-state index contributed by atoms with van der Waals surface area (Å²) in [7, 11) is 0. The summed E-state index contributed by atoms with van der Waals surface area (Å²) in [5, 5.41) is 8.87. The number of fused-ring (bicyclic) bond motifs is 1. The zero-order valence-corrected chi connectivity index (χ0v) is 9.21. The van der Waals surface area contributed by atoms with Gasteiger partial charge in [-0.25, -0.2) is 14.6 Å². The van der Waals surface area contributed by atoms with Gasteiger partial charge in [0.15, 0.2) is 0 Å². The smallest absolute Gasteiger partial charge is 0.424 e. The molecule has 7 heteroatoms. The van der Waals surface area contributed by atoms with Gasteiger partial charge in [0.05, 0.1) is 10.2 Å². The Bertz CT molecular complexity index is 580. The molecule has 0 fully saturated rings. The lowest BCUT2D eigenvalue weighted by molar-refractivity contribution is -0.158. The summed E-state index contributed by atoms with van der Waals surface area (Å²) >= 11 is 6.82. The van der Waals surface area contributed by atoms with Gasteiger partial charge in [-0.3, -0.25) is 0 Å². The van der Waals surface area contributed by atoms with E-state index in [-0.39, 0.29) is 5.19 Å². The third-order valence-corrected chi connectivity index (χ3v) is 2.82. The van der Waals surface area contributed by atoms with Crippen LogP contribution in [-0.2, 0) is 9.59 Å². The molecule has 1 heterocycles. The van der Waals surface area contributed by atoms with Crippen LogP contribution in [0, 0.1) is 0 Å². The summed E-state index contributed by atoms with van der Waals surface area (Å²) in [6.45, 7) is 0. The molecule has 0 bridgehead atoms. The number of benzene rings is 1. The molecule has 0 atom stereocenters. The highest BCUT2D eigenvalue weighted by molar-refractivity contribution is 7.20. The van der Waals surface area contributed by atoms with Gasteiger partial charge >= 0.3 is 11.9 Å². The number of halogens is 1. The fourth-order valence-electron chi connectivity index (χ4n) is 1.04. The number of thiazole rings is 1. The van der Waals surface area contributed by atoms with E-state index in [2.05, 4.69) is 9.72 Å². The molecule has 2 aromatic rings. The van der Waals surface area contributed by atoms with Gasteiger partial charge in [0.25, 0.3) is 5.19 Å². The SMILES string of the molecule is O=C(O)C(=O)Oc1nc2ccc(Cl)cc2s1. The fraction of sp³-hybridized carbons (Fsp3) is 0. The Kier molecular flexibility index (Phi) is 2.76. The van der Waals surface area contributed by atoms with Crippen molar-refractivity contribution >= 4 is 45.1 Å².